The predicted molar refractivity (Wildman–Crippen MR) is 146 cm³/mol. The van der Waals surface area contributed by atoms with Crippen LogP contribution < -0.4 is 24.4 Å². The molecule has 0 saturated carbocycles. The number of benzene rings is 1. The summed E-state index contributed by atoms with van der Waals surface area (Å²) in [6, 6.07) is 9.61. The maximum Gasteiger partial charge on any atom is 0.271 e. The van der Waals surface area contributed by atoms with E-state index in [2.05, 4.69) is 30.3 Å². The first kappa shape index (κ1) is 27.1. The number of aromatic nitrogens is 3. The Bertz CT molecular complexity index is 1190. The van der Waals surface area contributed by atoms with Crippen LogP contribution in [0.3, 0.4) is 0 Å². The molecule has 1 saturated heterocycles. The molecule has 1 aliphatic rings. The van der Waals surface area contributed by atoms with Crippen LogP contribution in [0.15, 0.2) is 42.7 Å². The van der Waals surface area contributed by atoms with Crippen molar-refractivity contribution < 1.29 is 19.0 Å². The number of carbonyl (C=O) groups excluding carboxylic acids is 1. The van der Waals surface area contributed by atoms with Crippen LogP contribution >= 0.6 is 0 Å². The van der Waals surface area contributed by atoms with Crippen molar-refractivity contribution in [3.8, 4) is 28.4 Å². The van der Waals surface area contributed by atoms with Crippen molar-refractivity contribution in [3.63, 3.8) is 0 Å². The summed E-state index contributed by atoms with van der Waals surface area (Å²) in [5, 5.41) is 11.2. The summed E-state index contributed by atoms with van der Waals surface area (Å²) in [6.45, 7) is 9.15. The number of carbonyl (C=O) groups is 1. The highest BCUT2D eigenvalue weighted by atomic mass is 16.5. The Morgan fingerprint density at radius 2 is 1.68 bits per heavy atom. The van der Waals surface area contributed by atoms with Crippen molar-refractivity contribution in [1.29, 1.82) is 0 Å². The molecule has 0 radical (unpaired) electrons. The second-order valence-corrected chi connectivity index (χ2v) is 9.00. The molecule has 2 aromatic heterocycles. The molecule has 0 unspecified atom stereocenters. The molecule has 4 rings (SSSR count). The van der Waals surface area contributed by atoms with Gasteiger partial charge in [-0.25, -0.2) is 0 Å². The lowest BCUT2D eigenvalue weighted by Crippen LogP contribution is -2.46. The van der Waals surface area contributed by atoms with E-state index in [4.69, 9.17) is 14.2 Å². The Morgan fingerprint density at radius 3 is 2.29 bits per heavy atom. The monoisotopic (exact) mass is 520 g/mol. The zero-order valence-electron chi connectivity index (χ0n) is 22.6. The average Bonchev–Trinajstić information content (AvgIpc) is 2.96. The Morgan fingerprint density at radius 1 is 0.947 bits per heavy atom. The summed E-state index contributed by atoms with van der Waals surface area (Å²) in [5.74, 6) is 2.85. The summed E-state index contributed by atoms with van der Waals surface area (Å²) in [5.41, 5.74) is 3.22. The molecule has 10 nitrogen and oxygen atoms in total. The van der Waals surface area contributed by atoms with E-state index >= 15 is 0 Å². The summed E-state index contributed by atoms with van der Waals surface area (Å²) in [6.07, 6.45) is 4.39. The molecule has 1 aromatic carbocycles. The Labute approximate surface area is 223 Å². The quantitative estimate of drug-likeness (QED) is 0.407. The lowest BCUT2D eigenvalue weighted by Gasteiger charge is -2.35. The fourth-order valence-electron chi connectivity index (χ4n) is 4.43. The van der Waals surface area contributed by atoms with Gasteiger partial charge >= 0.3 is 0 Å². The number of anilines is 1. The highest BCUT2D eigenvalue weighted by Crippen LogP contribution is 2.36. The molecule has 0 spiro atoms. The molecule has 1 fully saturated rings. The van der Waals surface area contributed by atoms with E-state index in [-0.39, 0.29) is 5.91 Å². The van der Waals surface area contributed by atoms with Crippen molar-refractivity contribution in [1.82, 2.24) is 25.4 Å². The second-order valence-electron chi connectivity index (χ2n) is 9.00. The third-order valence-corrected chi connectivity index (χ3v) is 6.46. The van der Waals surface area contributed by atoms with Crippen LogP contribution in [0.4, 0.5) is 5.82 Å². The number of hydrogen-bond acceptors (Lipinski definition) is 9. The van der Waals surface area contributed by atoms with Crippen LogP contribution in [-0.2, 0) is 6.54 Å². The number of rotatable bonds is 11. The number of amides is 1. The van der Waals surface area contributed by atoms with E-state index in [0.29, 0.717) is 25.4 Å². The maximum absolute atomic E-state index is 12.1. The molecule has 0 atom stereocenters. The molecule has 1 N–H and O–H groups in total. The van der Waals surface area contributed by atoms with Gasteiger partial charge in [0.1, 0.15) is 17.2 Å². The van der Waals surface area contributed by atoms with E-state index in [1.807, 2.05) is 44.3 Å². The van der Waals surface area contributed by atoms with E-state index in [1.165, 1.54) is 0 Å². The largest absolute Gasteiger partial charge is 0.496 e. The van der Waals surface area contributed by atoms with Gasteiger partial charge in [-0.1, -0.05) is 6.92 Å². The minimum atomic E-state index is -0.192. The van der Waals surface area contributed by atoms with Crippen LogP contribution in [-0.4, -0.2) is 79.5 Å². The summed E-state index contributed by atoms with van der Waals surface area (Å²) < 4.78 is 17.2. The topological polar surface area (TPSA) is 102 Å². The minimum Gasteiger partial charge on any atom is -0.496 e. The molecule has 10 heteroatoms. The van der Waals surface area contributed by atoms with Gasteiger partial charge in [-0.3, -0.25) is 14.7 Å². The molecule has 1 aliphatic heterocycles. The van der Waals surface area contributed by atoms with Crippen LogP contribution in [0.25, 0.3) is 11.1 Å². The van der Waals surface area contributed by atoms with Crippen molar-refractivity contribution in [2.24, 2.45) is 0 Å². The van der Waals surface area contributed by atoms with E-state index in [9.17, 15) is 4.79 Å². The number of pyridine rings is 1. The Balaban J connectivity index is 1.43. The van der Waals surface area contributed by atoms with Gasteiger partial charge in [0, 0.05) is 51.0 Å². The minimum absolute atomic E-state index is 0.192. The van der Waals surface area contributed by atoms with Crippen molar-refractivity contribution in [3.05, 3.63) is 54.0 Å². The summed E-state index contributed by atoms with van der Waals surface area (Å²) >= 11 is 0. The van der Waals surface area contributed by atoms with Gasteiger partial charge in [-0.2, -0.15) is 0 Å². The number of hydrogen-bond donors (Lipinski definition) is 1. The van der Waals surface area contributed by atoms with E-state index in [0.717, 1.165) is 72.4 Å². The van der Waals surface area contributed by atoms with Crippen molar-refractivity contribution in [2.45, 2.75) is 26.8 Å². The fourth-order valence-corrected chi connectivity index (χ4v) is 4.43. The fraction of sp³-hybridized carbons (Fsp3) is 0.429. The van der Waals surface area contributed by atoms with Gasteiger partial charge in [-0.05, 0) is 49.2 Å². The summed E-state index contributed by atoms with van der Waals surface area (Å²) in [4.78, 5) is 21.0. The van der Waals surface area contributed by atoms with Crippen LogP contribution in [0.5, 0.6) is 17.2 Å². The number of nitrogens with one attached hydrogen (secondary N) is 1. The number of ether oxygens (including phenoxy) is 3. The first-order valence-electron chi connectivity index (χ1n) is 13.0. The van der Waals surface area contributed by atoms with Gasteiger partial charge < -0.3 is 24.4 Å². The van der Waals surface area contributed by atoms with Crippen molar-refractivity contribution >= 4 is 11.7 Å². The number of methoxy groups -OCH3 is 2. The molecule has 38 heavy (non-hydrogen) atoms. The smallest absolute Gasteiger partial charge is 0.271 e. The first-order valence-corrected chi connectivity index (χ1v) is 13.0. The van der Waals surface area contributed by atoms with Gasteiger partial charge in [0.2, 0.25) is 0 Å². The highest BCUT2D eigenvalue weighted by Gasteiger charge is 2.22. The first-order chi connectivity index (χ1) is 18.6. The predicted octanol–water partition coefficient (Wildman–Crippen LogP) is 3.42. The second kappa shape index (κ2) is 13.0. The molecule has 3 heterocycles. The van der Waals surface area contributed by atoms with Gasteiger partial charge in [0.05, 0.1) is 32.6 Å². The average molecular weight is 521 g/mol. The van der Waals surface area contributed by atoms with Crippen molar-refractivity contribution in [2.75, 3.05) is 58.5 Å². The van der Waals surface area contributed by atoms with E-state index in [1.54, 1.807) is 26.5 Å². The molecule has 0 bridgehead atoms. The lowest BCUT2D eigenvalue weighted by molar-refractivity contribution is 0.0947. The third kappa shape index (κ3) is 6.49. The van der Waals surface area contributed by atoms with Gasteiger partial charge in [-0.15, -0.1) is 10.2 Å². The molecule has 3 aromatic rings. The normalized spacial score (nSPS) is 13.7. The number of piperazine rings is 1. The molecule has 1 amide bonds. The van der Waals surface area contributed by atoms with Gasteiger partial charge in [0.25, 0.3) is 5.91 Å². The zero-order chi connectivity index (χ0) is 26.9. The molecule has 0 aliphatic carbocycles. The SMILES string of the molecule is CCCNC(=O)c1ccc(N2CCN(Cc3c(OC)cc(-c4cncc(OCC)c4)cc3OC)CC2)nn1. The standard InChI is InChI=1S/C28H36N6O4/c1-5-9-30-28(35)24-7-8-27(32-31-24)34-12-10-33(11-13-34)19-23-25(36-3)15-20(16-26(23)37-4)21-14-22(38-6-2)18-29-17-21/h7-8,14-18H,5-6,9-13,19H2,1-4H3,(H,30,35). The molecular formula is C28H36N6O4. The van der Waals surface area contributed by atoms with Crippen LogP contribution in [0.2, 0.25) is 0 Å². The zero-order valence-corrected chi connectivity index (χ0v) is 22.6. The summed E-state index contributed by atoms with van der Waals surface area (Å²) in [7, 11) is 3.36. The lowest BCUT2D eigenvalue weighted by atomic mass is 10.0. The maximum atomic E-state index is 12.1. The molecule has 202 valence electrons. The Kier molecular flexibility index (Phi) is 9.31. The molecular weight excluding hydrogens is 484 g/mol. The highest BCUT2D eigenvalue weighted by molar-refractivity contribution is 5.92. The van der Waals surface area contributed by atoms with Crippen LogP contribution in [0.1, 0.15) is 36.3 Å². The van der Waals surface area contributed by atoms with Crippen LogP contribution in [0, 0.1) is 0 Å². The van der Waals surface area contributed by atoms with Gasteiger partial charge in [0.15, 0.2) is 11.5 Å². The number of nitrogens with zero attached hydrogens (tertiary/aromatic N) is 5. The third-order valence-electron chi connectivity index (χ3n) is 6.46. The Hall–Kier alpha value is -3.92. The van der Waals surface area contributed by atoms with E-state index < -0.39 is 0 Å².